The molecule has 6 rings (SSSR count). The lowest BCUT2D eigenvalue weighted by molar-refractivity contribution is -0.119. The molecule has 0 spiro atoms. The zero-order valence-electron chi connectivity index (χ0n) is 22.1. The molecule has 0 unspecified atom stereocenters. The number of piperidine rings is 1. The minimum atomic E-state index is -0.460. The van der Waals surface area contributed by atoms with E-state index >= 15 is 0 Å². The number of thiophene rings is 1. The summed E-state index contributed by atoms with van der Waals surface area (Å²) in [5.41, 5.74) is 3.57. The van der Waals surface area contributed by atoms with Crippen LogP contribution in [-0.4, -0.2) is 40.7 Å². The van der Waals surface area contributed by atoms with Crippen LogP contribution in [0.1, 0.15) is 83.8 Å². The fraction of sp³-hybridized carbons (Fsp3) is 0.438. The van der Waals surface area contributed by atoms with E-state index < -0.39 is 5.92 Å². The predicted molar refractivity (Wildman–Crippen MR) is 153 cm³/mol. The highest BCUT2D eigenvalue weighted by molar-refractivity contribution is 7.10. The fourth-order valence-electron chi connectivity index (χ4n) is 6.57. The van der Waals surface area contributed by atoms with Crippen molar-refractivity contribution in [2.45, 2.75) is 70.0 Å². The van der Waals surface area contributed by atoms with E-state index in [-0.39, 0.29) is 23.9 Å². The smallest absolute Gasteiger partial charge is 0.254 e. The number of nitrogens with zero attached hydrogens (tertiary/aromatic N) is 2. The van der Waals surface area contributed by atoms with Gasteiger partial charge in [-0.15, -0.1) is 11.3 Å². The number of fused-ring (bicyclic) bond motifs is 1. The second-order valence-electron chi connectivity index (χ2n) is 11.3. The van der Waals surface area contributed by atoms with Gasteiger partial charge in [0.2, 0.25) is 5.91 Å². The lowest BCUT2D eigenvalue weighted by atomic mass is 9.80. The normalized spacial score (nSPS) is 23.0. The van der Waals surface area contributed by atoms with E-state index in [1.54, 1.807) is 11.3 Å². The van der Waals surface area contributed by atoms with Gasteiger partial charge in [0, 0.05) is 28.7 Å². The summed E-state index contributed by atoms with van der Waals surface area (Å²) in [5, 5.41) is 5.27. The van der Waals surface area contributed by atoms with Crippen molar-refractivity contribution in [2.75, 3.05) is 18.4 Å². The van der Waals surface area contributed by atoms with E-state index in [0.717, 1.165) is 67.4 Å². The molecule has 2 amide bonds. The first-order valence-electron chi connectivity index (χ1n) is 14.2. The van der Waals surface area contributed by atoms with Crippen molar-refractivity contribution in [1.29, 1.82) is 0 Å². The molecule has 1 saturated carbocycles. The molecule has 6 heteroatoms. The van der Waals surface area contributed by atoms with Crippen LogP contribution in [-0.2, 0) is 11.3 Å². The summed E-state index contributed by atoms with van der Waals surface area (Å²) in [7, 11) is 0. The van der Waals surface area contributed by atoms with Crippen LogP contribution in [0.25, 0.3) is 0 Å². The van der Waals surface area contributed by atoms with E-state index in [0.29, 0.717) is 5.56 Å². The Morgan fingerprint density at radius 1 is 0.947 bits per heavy atom. The highest BCUT2D eigenvalue weighted by Gasteiger charge is 2.47. The molecule has 0 radical (unpaired) electrons. The Bertz CT molecular complexity index is 1260. The third-order valence-electron chi connectivity index (χ3n) is 8.72. The van der Waals surface area contributed by atoms with Gasteiger partial charge in [-0.25, -0.2) is 0 Å². The Labute approximate surface area is 229 Å². The first-order chi connectivity index (χ1) is 18.6. The van der Waals surface area contributed by atoms with E-state index in [2.05, 4.69) is 35.3 Å². The average molecular weight is 528 g/mol. The lowest BCUT2D eigenvalue weighted by Gasteiger charge is -2.44. The number of rotatable bonds is 6. The van der Waals surface area contributed by atoms with Crippen molar-refractivity contribution in [2.24, 2.45) is 5.92 Å². The molecule has 3 aliphatic rings. The molecule has 1 aromatic heterocycles. The van der Waals surface area contributed by atoms with Crippen LogP contribution in [0.3, 0.4) is 0 Å². The Morgan fingerprint density at radius 2 is 1.68 bits per heavy atom. The summed E-state index contributed by atoms with van der Waals surface area (Å²) >= 11 is 1.64. The molecule has 198 valence electrons. The molecular weight excluding hydrogens is 490 g/mol. The van der Waals surface area contributed by atoms with E-state index in [4.69, 9.17) is 0 Å². The van der Waals surface area contributed by atoms with Gasteiger partial charge in [-0.2, -0.15) is 0 Å². The van der Waals surface area contributed by atoms with E-state index in [1.807, 2.05) is 52.7 Å². The van der Waals surface area contributed by atoms with Crippen molar-refractivity contribution >= 4 is 28.8 Å². The number of carbonyl (C=O) groups excluding carboxylic acids is 2. The van der Waals surface area contributed by atoms with Crippen molar-refractivity contribution in [3.8, 4) is 0 Å². The van der Waals surface area contributed by atoms with Gasteiger partial charge in [0.15, 0.2) is 0 Å². The molecule has 2 aliphatic heterocycles. The standard InChI is InChI=1S/C32H37N3O2S/c1-22-16-18-34(19-17-22)21-23-12-14-24(15-13-23)33-31(36)29-26-9-4-5-10-27(26)32(37)35(25-7-2-3-8-25)30(29)28-11-6-20-38-28/h4-6,9-15,20,22,25,29-30H,2-3,7-8,16-19,21H2,1H3,(H,33,36)/t29-,30+/m1/s1. The summed E-state index contributed by atoms with van der Waals surface area (Å²) in [6.45, 7) is 5.60. The zero-order valence-corrected chi connectivity index (χ0v) is 23.0. The van der Waals surface area contributed by atoms with Gasteiger partial charge in [-0.05, 0) is 85.5 Å². The number of nitrogens with one attached hydrogen (secondary N) is 1. The number of hydrogen-bond donors (Lipinski definition) is 1. The van der Waals surface area contributed by atoms with Gasteiger partial charge in [0.05, 0.1) is 12.0 Å². The maximum absolute atomic E-state index is 14.1. The highest BCUT2D eigenvalue weighted by atomic mass is 32.1. The van der Waals surface area contributed by atoms with Crippen LogP contribution in [0.4, 0.5) is 5.69 Å². The molecule has 2 atom stereocenters. The minimum Gasteiger partial charge on any atom is -0.327 e. The fourth-order valence-corrected chi connectivity index (χ4v) is 7.43. The van der Waals surface area contributed by atoms with Gasteiger partial charge < -0.3 is 10.2 Å². The van der Waals surface area contributed by atoms with Crippen molar-refractivity contribution < 1.29 is 9.59 Å². The Hall–Kier alpha value is -2.96. The SMILES string of the molecule is CC1CCN(Cc2ccc(NC(=O)[C@@H]3c4ccccc4C(=O)N(C4CCCC4)[C@H]3c3cccs3)cc2)CC1. The second-order valence-corrected chi connectivity index (χ2v) is 12.3. The molecule has 5 nitrogen and oxygen atoms in total. The molecule has 38 heavy (non-hydrogen) atoms. The third kappa shape index (κ3) is 5.04. The van der Waals surface area contributed by atoms with Gasteiger partial charge in [-0.1, -0.05) is 56.2 Å². The molecule has 1 aliphatic carbocycles. The quantitative estimate of drug-likeness (QED) is 0.382. The number of hydrogen-bond acceptors (Lipinski definition) is 4. The number of benzene rings is 2. The zero-order chi connectivity index (χ0) is 26.1. The summed E-state index contributed by atoms with van der Waals surface area (Å²) in [5.74, 6) is 0.375. The van der Waals surface area contributed by atoms with Crippen LogP contribution >= 0.6 is 11.3 Å². The summed E-state index contributed by atoms with van der Waals surface area (Å²) < 4.78 is 0. The topological polar surface area (TPSA) is 52.7 Å². The first kappa shape index (κ1) is 25.3. The van der Waals surface area contributed by atoms with Crippen molar-refractivity contribution in [3.63, 3.8) is 0 Å². The maximum Gasteiger partial charge on any atom is 0.254 e. The summed E-state index contributed by atoms with van der Waals surface area (Å²) in [6, 6.07) is 20.0. The largest absolute Gasteiger partial charge is 0.327 e. The predicted octanol–water partition coefficient (Wildman–Crippen LogP) is 6.84. The molecule has 3 heterocycles. The number of likely N-dealkylation sites (tertiary alicyclic amines) is 1. The summed E-state index contributed by atoms with van der Waals surface area (Å²) in [4.78, 5) is 33.6. The Kier molecular flexibility index (Phi) is 7.35. The van der Waals surface area contributed by atoms with Crippen LogP contribution in [0.15, 0.2) is 66.0 Å². The van der Waals surface area contributed by atoms with Crippen LogP contribution < -0.4 is 5.32 Å². The number of amides is 2. The molecule has 0 bridgehead atoms. The third-order valence-corrected chi connectivity index (χ3v) is 9.66. The van der Waals surface area contributed by atoms with Gasteiger partial charge >= 0.3 is 0 Å². The molecule has 1 N–H and O–H groups in total. The van der Waals surface area contributed by atoms with Gasteiger partial charge in [0.1, 0.15) is 0 Å². The first-order valence-corrected chi connectivity index (χ1v) is 15.0. The molecule has 2 aromatic carbocycles. The van der Waals surface area contributed by atoms with Gasteiger partial charge in [-0.3, -0.25) is 14.5 Å². The van der Waals surface area contributed by atoms with E-state index in [9.17, 15) is 9.59 Å². The minimum absolute atomic E-state index is 0.0517. The molecule has 2 fully saturated rings. The van der Waals surface area contributed by atoms with Crippen LogP contribution in [0.2, 0.25) is 0 Å². The second kappa shape index (κ2) is 11.0. The Balaban J connectivity index is 1.27. The number of anilines is 1. The van der Waals surface area contributed by atoms with Crippen molar-refractivity contribution in [1.82, 2.24) is 9.80 Å². The monoisotopic (exact) mass is 527 g/mol. The number of carbonyl (C=O) groups is 2. The average Bonchev–Trinajstić information content (AvgIpc) is 3.66. The van der Waals surface area contributed by atoms with Crippen LogP contribution in [0, 0.1) is 5.92 Å². The van der Waals surface area contributed by atoms with Crippen molar-refractivity contribution in [3.05, 3.63) is 87.6 Å². The molecular formula is C32H37N3O2S. The Morgan fingerprint density at radius 3 is 2.39 bits per heavy atom. The lowest BCUT2D eigenvalue weighted by Crippen LogP contribution is -2.49. The van der Waals surface area contributed by atoms with Crippen LogP contribution in [0.5, 0.6) is 0 Å². The highest BCUT2D eigenvalue weighted by Crippen LogP contribution is 2.47. The van der Waals surface area contributed by atoms with E-state index in [1.165, 1.54) is 18.4 Å². The molecule has 3 aromatic rings. The summed E-state index contributed by atoms with van der Waals surface area (Å²) in [6.07, 6.45) is 6.80. The van der Waals surface area contributed by atoms with Gasteiger partial charge in [0.25, 0.3) is 5.91 Å². The molecule has 1 saturated heterocycles. The maximum atomic E-state index is 14.1.